The summed E-state index contributed by atoms with van der Waals surface area (Å²) in [6, 6.07) is 4.27. The molecular formula is C31H76N6. The van der Waals surface area contributed by atoms with Gasteiger partial charge in [0.2, 0.25) is 0 Å². The van der Waals surface area contributed by atoms with Gasteiger partial charge in [-0.1, -0.05) is 29.7 Å². The van der Waals surface area contributed by atoms with E-state index in [4.69, 9.17) is 0 Å². The van der Waals surface area contributed by atoms with Crippen molar-refractivity contribution in [2.45, 2.75) is 128 Å². The molecule has 0 bridgehead atoms. The first-order chi connectivity index (χ1) is 15.3. The Morgan fingerprint density at radius 2 is 0.865 bits per heavy atom. The van der Waals surface area contributed by atoms with Gasteiger partial charge in [0, 0.05) is 95.2 Å². The summed E-state index contributed by atoms with van der Waals surface area (Å²) < 4.78 is 0. The van der Waals surface area contributed by atoms with Crippen LogP contribution in [0.5, 0.6) is 0 Å². The van der Waals surface area contributed by atoms with Gasteiger partial charge in [0.25, 0.3) is 0 Å². The lowest BCUT2D eigenvalue weighted by atomic mass is 10.1. The van der Waals surface area contributed by atoms with Crippen molar-refractivity contribution >= 4 is 0 Å². The summed E-state index contributed by atoms with van der Waals surface area (Å²) in [5, 5.41) is 0. The number of hydrogen-bond acceptors (Lipinski definition) is 6. The van der Waals surface area contributed by atoms with E-state index in [0.29, 0.717) is 24.2 Å². The third-order valence-electron chi connectivity index (χ3n) is 7.58. The molecule has 0 N–H and O–H groups in total. The molecule has 3 unspecified atom stereocenters. The highest BCUT2D eigenvalue weighted by Gasteiger charge is 2.29. The van der Waals surface area contributed by atoms with Gasteiger partial charge in [-0.2, -0.15) is 0 Å². The molecule has 3 heterocycles. The highest BCUT2D eigenvalue weighted by atomic mass is 15.3. The summed E-state index contributed by atoms with van der Waals surface area (Å²) in [5.41, 5.74) is 0. The second-order valence-corrected chi connectivity index (χ2v) is 11.8. The summed E-state index contributed by atoms with van der Waals surface area (Å²) >= 11 is 0. The van der Waals surface area contributed by atoms with Gasteiger partial charge >= 0.3 is 0 Å². The van der Waals surface area contributed by atoms with Crippen molar-refractivity contribution in [2.75, 3.05) is 80.0 Å². The molecule has 0 aliphatic carbocycles. The van der Waals surface area contributed by atoms with E-state index in [-0.39, 0.29) is 29.7 Å². The first-order valence-electron chi connectivity index (χ1n) is 13.7. The Bertz CT molecular complexity index is 492. The maximum Gasteiger partial charge on any atom is 0.0200 e. The zero-order chi connectivity index (χ0) is 25.3. The lowest BCUT2D eigenvalue weighted by molar-refractivity contribution is 0.0280. The van der Waals surface area contributed by atoms with E-state index in [0.717, 1.165) is 12.1 Å². The fraction of sp³-hybridized carbons (Fsp3) is 1.00. The minimum atomic E-state index is 0. The molecule has 3 rings (SSSR count). The maximum absolute atomic E-state index is 2.61. The zero-order valence-electron chi connectivity index (χ0n) is 24.5. The predicted octanol–water partition coefficient (Wildman–Crippen LogP) is 5.64. The van der Waals surface area contributed by atoms with Gasteiger partial charge in [-0.3, -0.25) is 14.7 Å². The topological polar surface area (TPSA) is 19.4 Å². The van der Waals surface area contributed by atoms with E-state index in [1.165, 1.54) is 58.9 Å². The second-order valence-electron chi connectivity index (χ2n) is 11.8. The van der Waals surface area contributed by atoms with E-state index in [1.54, 1.807) is 0 Å². The molecule has 6 nitrogen and oxygen atoms in total. The van der Waals surface area contributed by atoms with Gasteiger partial charge in [-0.05, 0) is 83.5 Å². The molecule has 6 heteroatoms. The number of piperazine rings is 3. The quantitative estimate of drug-likeness (QED) is 0.465. The number of likely N-dealkylation sites (N-methyl/N-ethyl adjacent to an activating group) is 3. The molecule has 3 atom stereocenters. The van der Waals surface area contributed by atoms with Crippen LogP contribution in [0.4, 0.5) is 0 Å². The summed E-state index contributed by atoms with van der Waals surface area (Å²) in [7, 11) is 6.61. The normalized spacial score (nSPS) is 26.5. The summed E-state index contributed by atoms with van der Waals surface area (Å²) in [5.74, 6) is 0. The summed E-state index contributed by atoms with van der Waals surface area (Å²) in [6.07, 6.45) is 0. The van der Waals surface area contributed by atoms with Crippen molar-refractivity contribution in [2.24, 2.45) is 0 Å². The predicted molar refractivity (Wildman–Crippen MR) is 173 cm³/mol. The molecular weight excluding hydrogens is 456 g/mol. The first-order valence-corrected chi connectivity index (χ1v) is 13.7. The Labute approximate surface area is 237 Å². The fourth-order valence-electron chi connectivity index (χ4n) is 5.88. The van der Waals surface area contributed by atoms with Gasteiger partial charge in [0.15, 0.2) is 0 Å². The number of rotatable bonds is 3. The minimum absolute atomic E-state index is 0. The third-order valence-corrected chi connectivity index (χ3v) is 7.58. The van der Waals surface area contributed by atoms with E-state index >= 15 is 0 Å². The highest BCUT2D eigenvalue weighted by Crippen LogP contribution is 2.17. The lowest BCUT2D eigenvalue weighted by Crippen LogP contribution is -2.57. The molecule has 3 saturated heterocycles. The first kappa shape index (κ1) is 43.8. The fourth-order valence-corrected chi connectivity index (χ4v) is 5.88. The van der Waals surface area contributed by atoms with E-state index < -0.39 is 0 Å². The van der Waals surface area contributed by atoms with Crippen molar-refractivity contribution < 1.29 is 0 Å². The SMILES string of the molecule is C.C.C.C.CC(C)N1C(C)CN(C)CC1C.CC(C)N1CCN(C)CC1.CC(C)N1CCN(C)CC1C. The molecule has 0 radical (unpaired) electrons. The molecule has 37 heavy (non-hydrogen) atoms. The smallest absolute Gasteiger partial charge is 0.0200 e. The molecule has 230 valence electrons. The van der Waals surface area contributed by atoms with Gasteiger partial charge in [0.05, 0.1) is 0 Å². The molecule has 0 saturated carbocycles. The van der Waals surface area contributed by atoms with Crippen LogP contribution >= 0.6 is 0 Å². The Morgan fingerprint density at radius 1 is 0.459 bits per heavy atom. The van der Waals surface area contributed by atoms with Crippen LogP contribution in [0, 0.1) is 0 Å². The van der Waals surface area contributed by atoms with Crippen LogP contribution in [-0.4, -0.2) is 146 Å². The van der Waals surface area contributed by atoms with Crippen molar-refractivity contribution in [1.29, 1.82) is 0 Å². The minimum Gasteiger partial charge on any atom is -0.304 e. The van der Waals surface area contributed by atoms with E-state index in [1.807, 2.05) is 0 Å². The Kier molecular flexibility index (Phi) is 25.5. The van der Waals surface area contributed by atoms with Gasteiger partial charge in [-0.25, -0.2) is 0 Å². The van der Waals surface area contributed by atoms with Crippen LogP contribution in [0.15, 0.2) is 0 Å². The molecule has 0 aromatic rings. The van der Waals surface area contributed by atoms with Crippen LogP contribution in [0.3, 0.4) is 0 Å². The van der Waals surface area contributed by atoms with Crippen LogP contribution in [-0.2, 0) is 0 Å². The van der Waals surface area contributed by atoms with Crippen molar-refractivity contribution in [3.05, 3.63) is 0 Å². The Morgan fingerprint density at radius 3 is 1.22 bits per heavy atom. The number of hydrogen-bond donors (Lipinski definition) is 0. The molecule has 0 aromatic carbocycles. The second kappa shape index (κ2) is 21.6. The summed E-state index contributed by atoms with van der Waals surface area (Å²) in [6.45, 7) is 31.7. The molecule has 0 amide bonds. The van der Waals surface area contributed by atoms with Crippen LogP contribution in [0.1, 0.15) is 92.0 Å². The Balaban J connectivity index is -0.000000210. The van der Waals surface area contributed by atoms with Gasteiger partial charge in [0.1, 0.15) is 0 Å². The highest BCUT2D eigenvalue weighted by molar-refractivity contribution is 4.85. The molecule has 0 aromatic heterocycles. The third kappa shape index (κ3) is 15.8. The zero-order valence-corrected chi connectivity index (χ0v) is 24.5. The standard InChI is InChI=1S/C10H22N2.C9H20N2.C8H18N2.4CH4/c1-8(2)12-9(3)6-11(5)7-10(12)4;1-8(2)11-6-5-10(4)7-9(11)3;1-8(2)10-6-4-9(3)5-7-10;;;;/h8-10H,6-7H2,1-5H3;8-9H,5-7H2,1-4H3;8H,4-7H2,1-3H3;4*1H4. The molecule has 3 aliphatic heterocycles. The van der Waals surface area contributed by atoms with Crippen LogP contribution in [0.25, 0.3) is 0 Å². The average molecular weight is 533 g/mol. The monoisotopic (exact) mass is 533 g/mol. The molecule has 3 aliphatic rings. The largest absolute Gasteiger partial charge is 0.304 e. The number of nitrogens with zero attached hydrogens (tertiary/aromatic N) is 6. The van der Waals surface area contributed by atoms with Crippen molar-refractivity contribution in [3.63, 3.8) is 0 Å². The maximum atomic E-state index is 2.61. The van der Waals surface area contributed by atoms with Crippen LogP contribution < -0.4 is 0 Å². The average Bonchev–Trinajstić information content (AvgIpc) is 2.68. The van der Waals surface area contributed by atoms with Gasteiger partial charge in [-0.15, -0.1) is 0 Å². The van der Waals surface area contributed by atoms with Crippen molar-refractivity contribution in [3.8, 4) is 0 Å². The summed E-state index contributed by atoms with van der Waals surface area (Å²) in [4.78, 5) is 14.9. The van der Waals surface area contributed by atoms with E-state index in [2.05, 4.69) is 113 Å². The van der Waals surface area contributed by atoms with Crippen molar-refractivity contribution in [1.82, 2.24) is 29.4 Å². The van der Waals surface area contributed by atoms with Crippen LogP contribution in [0.2, 0.25) is 0 Å². The van der Waals surface area contributed by atoms with E-state index in [9.17, 15) is 0 Å². The lowest BCUT2D eigenvalue weighted by Gasteiger charge is -2.45. The molecule has 3 fully saturated rings. The van der Waals surface area contributed by atoms with Gasteiger partial charge < -0.3 is 14.7 Å². The molecule has 0 spiro atoms. The Hall–Kier alpha value is -0.240.